The second kappa shape index (κ2) is 4.86. The molecular formula is C11H17NO2. The largest absolute Gasteiger partial charge is 0.497 e. The van der Waals surface area contributed by atoms with Crippen molar-refractivity contribution in [3.05, 3.63) is 23.8 Å². The van der Waals surface area contributed by atoms with E-state index in [1.807, 2.05) is 25.1 Å². The van der Waals surface area contributed by atoms with Crippen molar-refractivity contribution >= 4 is 0 Å². The van der Waals surface area contributed by atoms with E-state index >= 15 is 0 Å². The molecule has 0 saturated carbocycles. The van der Waals surface area contributed by atoms with Crippen molar-refractivity contribution < 1.29 is 9.47 Å². The Morgan fingerprint density at radius 2 is 1.64 bits per heavy atom. The fraction of sp³-hybridized carbons (Fsp3) is 0.455. The monoisotopic (exact) mass is 195 g/mol. The summed E-state index contributed by atoms with van der Waals surface area (Å²) in [6, 6.07) is 5.95. The summed E-state index contributed by atoms with van der Waals surface area (Å²) in [5.41, 5.74) is 6.86. The molecule has 3 heteroatoms. The summed E-state index contributed by atoms with van der Waals surface area (Å²) in [7, 11) is 3.29. The van der Waals surface area contributed by atoms with E-state index in [1.54, 1.807) is 14.2 Å². The molecule has 0 saturated heterocycles. The molecule has 0 aromatic heterocycles. The van der Waals surface area contributed by atoms with Crippen LogP contribution in [0.2, 0.25) is 0 Å². The van der Waals surface area contributed by atoms with Gasteiger partial charge in [-0.25, -0.2) is 0 Å². The molecule has 0 aliphatic carbocycles. The van der Waals surface area contributed by atoms with E-state index in [4.69, 9.17) is 15.2 Å². The Bertz CT molecular complexity index is 275. The first-order chi connectivity index (χ1) is 6.65. The van der Waals surface area contributed by atoms with Crippen LogP contribution in [-0.2, 0) is 6.42 Å². The molecule has 0 bridgehead atoms. The molecule has 0 unspecified atom stereocenters. The van der Waals surface area contributed by atoms with Crippen molar-refractivity contribution in [2.75, 3.05) is 14.2 Å². The van der Waals surface area contributed by atoms with Gasteiger partial charge in [0.25, 0.3) is 0 Å². The van der Waals surface area contributed by atoms with Crippen molar-refractivity contribution in [2.45, 2.75) is 19.4 Å². The highest BCUT2D eigenvalue weighted by molar-refractivity contribution is 5.38. The molecule has 0 radical (unpaired) electrons. The van der Waals surface area contributed by atoms with Crippen LogP contribution in [0.5, 0.6) is 11.5 Å². The first kappa shape index (κ1) is 10.9. The van der Waals surface area contributed by atoms with Gasteiger partial charge in [0.1, 0.15) is 11.5 Å². The van der Waals surface area contributed by atoms with Crippen LogP contribution in [0.25, 0.3) is 0 Å². The molecule has 0 aliphatic rings. The number of ether oxygens (including phenoxy) is 2. The first-order valence-corrected chi connectivity index (χ1v) is 4.63. The van der Waals surface area contributed by atoms with Gasteiger partial charge in [0.15, 0.2) is 0 Å². The summed E-state index contributed by atoms with van der Waals surface area (Å²) >= 11 is 0. The Morgan fingerprint density at radius 1 is 1.14 bits per heavy atom. The van der Waals surface area contributed by atoms with Crippen LogP contribution in [0, 0.1) is 0 Å². The lowest BCUT2D eigenvalue weighted by molar-refractivity contribution is 0.393. The third-order valence-corrected chi connectivity index (χ3v) is 1.97. The third kappa shape index (κ3) is 2.92. The van der Waals surface area contributed by atoms with Gasteiger partial charge in [0.2, 0.25) is 0 Å². The first-order valence-electron chi connectivity index (χ1n) is 4.63. The Morgan fingerprint density at radius 3 is 2.00 bits per heavy atom. The minimum absolute atomic E-state index is 0.145. The number of rotatable bonds is 4. The summed E-state index contributed by atoms with van der Waals surface area (Å²) in [5, 5.41) is 0. The molecule has 1 rings (SSSR count). The minimum atomic E-state index is 0.145. The number of benzene rings is 1. The fourth-order valence-corrected chi connectivity index (χ4v) is 1.36. The van der Waals surface area contributed by atoms with E-state index in [2.05, 4.69) is 0 Å². The van der Waals surface area contributed by atoms with E-state index in [9.17, 15) is 0 Å². The van der Waals surface area contributed by atoms with Gasteiger partial charge in [-0.15, -0.1) is 0 Å². The zero-order valence-electron chi connectivity index (χ0n) is 8.91. The molecule has 0 heterocycles. The number of hydrogen-bond acceptors (Lipinski definition) is 3. The van der Waals surface area contributed by atoms with Crippen LogP contribution in [0.3, 0.4) is 0 Å². The zero-order chi connectivity index (χ0) is 10.6. The lowest BCUT2D eigenvalue weighted by Crippen LogP contribution is -2.17. The lowest BCUT2D eigenvalue weighted by Gasteiger charge is -2.09. The summed E-state index contributed by atoms with van der Waals surface area (Å²) in [4.78, 5) is 0. The molecule has 14 heavy (non-hydrogen) atoms. The van der Waals surface area contributed by atoms with E-state index in [-0.39, 0.29) is 6.04 Å². The van der Waals surface area contributed by atoms with Crippen LogP contribution in [0.15, 0.2) is 18.2 Å². The predicted octanol–water partition coefficient (Wildman–Crippen LogP) is 1.59. The maximum Gasteiger partial charge on any atom is 0.122 e. The summed E-state index contributed by atoms with van der Waals surface area (Å²) in [6.45, 7) is 1.98. The van der Waals surface area contributed by atoms with Gasteiger partial charge in [0.05, 0.1) is 14.2 Å². The molecule has 0 spiro atoms. The van der Waals surface area contributed by atoms with Gasteiger partial charge in [0, 0.05) is 12.1 Å². The van der Waals surface area contributed by atoms with Crippen molar-refractivity contribution in [2.24, 2.45) is 5.73 Å². The lowest BCUT2D eigenvalue weighted by atomic mass is 10.1. The second-order valence-electron chi connectivity index (χ2n) is 3.40. The molecule has 0 amide bonds. The van der Waals surface area contributed by atoms with Gasteiger partial charge in [-0.05, 0) is 31.0 Å². The molecule has 78 valence electrons. The predicted molar refractivity (Wildman–Crippen MR) is 56.9 cm³/mol. The topological polar surface area (TPSA) is 44.5 Å². The van der Waals surface area contributed by atoms with Crippen LogP contribution in [-0.4, -0.2) is 20.3 Å². The average Bonchev–Trinajstić information content (AvgIpc) is 2.16. The fourth-order valence-electron chi connectivity index (χ4n) is 1.36. The standard InChI is InChI=1S/C11H17NO2/c1-8(12)4-9-5-10(13-2)7-11(6-9)14-3/h5-8H,4,12H2,1-3H3/t8-/m1/s1. The highest BCUT2D eigenvalue weighted by Gasteiger charge is 2.03. The van der Waals surface area contributed by atoms with Crippen LogP contribution in [0.4, 0.5) is 0 Å². The van der Waals surface area contributed by atoms with Gasteiger partial charge in [-0.2, -0.15) is 0 Å². The average molecular weight is 195 g/mol. The van der Waals surface area contributed by atoms with Crippen LogP contribution >= 0.6 is 0 Å². The number of nitrogens with two attached hydrogens (primary N) is 1. The Labute approximate surface area is 84.8 Å². The molecular weight excluding hydrogens is 178 g/mol. The zero-order valence-corrected chi connectivity index (χ0v) is 8.91. The third-order valence-electron chi connectivity index (χ3n) is 1.97. The summed E-state index contributed by atoms with van der Waals surface area (Å²) in [6.07, 6.45) is 0.827. The molecule has 1 aromatic rings. The highest BCUT2D eigenvalue weighted by atomic mass is 16.5. The Hall–Kier alpha value is -1.22. The summed E-state index contributed by atoms with van der Waals surface area (Å²) in [5.74, 6) is 1.61. The highest BCUT2D eigenvalue weighted by Crippen LogP contribution is 2.22. The maximum atomic E-state index is 5.73. The van der Waals surface area contributed by atoms with Crippen molar-refractivity contribution in [1.29, 1.82) is 0 Å². The second-order valence-corrected chi connectivity index (χ2v) is 3.40. The smallest absolute Gasteiger partial charge is 0.122 e. The molecule has 1 aromatic carbocycles. The van der Waals surface area contributed by atoms with Gasteiger partial charge in [-0.3, -0.25) is 0 Å². The van der Waals surface area contributed by atoms with Gasteiger partial charge < -0.3 is 15.2 Å². The minimum Gasteiger partial charge on any atom is -0.497 e. The number of hydrogen-bond donors (Lipinski definition) is 1. The van der Waals surface area contributed by atoms with Gasteiger partial charge >= 0.3 is 0 Å². The number of methoxy groups -OCH3 is 2. The normalized spacial score (nSPS) is 12.3. The SMILES string of the molecule is COc1cc(C[C@@H](C)N)cc(OC)c1. The van der Waals surface area contributed by atoms with Crippen LogP contribution < -0.4 is 15.2 Å². The summed E-state index contributed by atoms with van der Waals surface area (Å²) < 4.78 is 10.3. The molecule has 1 atom stereocenters. The molecule has 2 N–H and O–H groups in total. The Kier molecular flexibility index (Phi) is 3.77. The quantitative estimate of drug-likeness (QED) is 0.793. The maximum absolute atomic E-state index is 5.73. The van der Waals surface area contributed by atoms with E-state index in [0.29, 0.717) is 0 Å². The van der Waals surface area contributed by atoms with Crippen LogP contribution in [0.1, 0.15) is 12.5 Å². The van der Waals surface area contributed by atoms with Crippen molar-refractivity contribution in [1.82, 2.24) is 0 Å². The molecule has 0 fully saturated rings. The van der Waals surface area contributed by atoms with E-state index in [1.165, 1.54) is 0 Å². The van der Waals surface area contributed by atoms with Gasteiger partial charge in [-0.1, -0.05) is 0 Å². The van der Waals surface area contributed by atoms with Crippen molar-refractivity contribution in [3.63, 3.8) is 0 Å². The molecule has 3 nitrogen and oxygen atoms in total. The van der Waals surface area contributed by atoms with Crippen molar-refractivity contribution in [3.8, 4) is 11.5 Å². The van der Waals surface area contributed by atoms with E-state index in [0.717, 1.165) is 23.5 Å². The van der Waals surface area contributed by atoms with E-state index < -0.39 is 0 Å². The molecule has 0 aliphatic heterocycles. The Balaban J connectivity index is 2.92.